The van der Waals surface area contributed by atoms with Crippen molar-refractivity contribution in [1.82, 2.24) is 10.2 Å². The van der Waals surface area contributed by atoms with Crippen LogP contribution in [0.25, 0.3) is 0 Å². The zero-order chi connectivity index (χ0) is 15.9. The molecule has 1 fully saturated rings. The van der Waals surface area contributed by atoms with E-state index < -0.39 is 0 Å². The highest BCUT2D eigenvalue weighted by Gasteiger charge is 2.21. The second kappa shape index (κ2) is 8.18. The monoisotopic (exact) mass is 322 g/mol. The Kier molecular flexibility index (Phi) is 6.25. The Balaban J connectivity index is 1.67. The zero-order valence-electron chi connectivity index (χ0n) is 13.0. The number of nitrogens with one attached hydrogen (secondary N) is 1. The number of carbonyl (C=O) groups excluding carboxylic acids is 2. The van der Waals surface area contributed by atoms with E-state index in [-0.39, 0.29) is 18.2 Å². The molecule has 2 amide bonds. The predicted octanol–water partition coefficient (Wildman–Crippen LogP) is 2.65. The van der Waals surface area contributed by atoms with E-state index in [0.29, 0.717) is 17.5 Å². The van der Waals surface area contributed by atoms with Gasteiger partial charge in [0.05, 0.1) is 0 Å². The van der Waals surface area contributed by atoms with Crippen LogP contribution in [-0.4, -0.2) is 36.3 Å². The standard InChI is InChI=1S/C17H23ClN2O2/c1-13-7-10-20(11-8-13)17(22)12-16(21)19-9-6-14-2-4-15(18)5-3-14/h2-5,13H,6-12H2,1H3,(H,19,21). The number of rotatable bonds is 5. The molecule has 1 aromatic rings. The van der Waals surface area contributed by atoms with E-state index in [2.05, 4.69) is 12.2 Å². The van der Waals surface area contributed by atoms with Crippen molar-refractivity contribution in [2.75, 3.05) is 19.6 Å². The summed E-state index contributed by atoms with van der Waals surface area (Å²) in [5, 5.41) is 3.51. The molecule has 0 saturated carbocycles. The van der Waals surface area contributed by atoms with Gasteiger partial charge in [-0.2, -0.15) is 0 Å². The van der Waals surface area contributed by atoms with Gasteiger partial charge in [-0.25, -0.2) is 0 Å². The van der Waals surface area contributed by atoms with E-state index in [9.17, 15) is 9.59 Å². The minimum Gasteiger partial charge on any atom is -0.355 e. The summed E-state index contributed by atoms with van der Waals surface area (Å²) < 4.78 is 0. The Morgan fingerprint density at radius 2 is 1.86 bits per heavy atom. The van der Waals surface area contributed by atoms with Crippen LogP contribution in [0.4, 0.5) is 0 Å². The number of hydrogen-bond donors (Lipinski definition) is 1. The average Bonchev–Trinajstić information content (AvgIpc) is 2.50. The molecule has 1 saturated heterocycles. The molecule has 0 unspecified atom stereocenters. The fourth-order valence-electron chi connectivity index (χ4n) is 2.57. The maximum Gasteiger partial charge on any atom is 0.232 e. The Labute approximate surface area is 136 Å². The molecule has 22 heavy (non-hydrogen) atoms. The Hall–Kier alpha value is -1.55. The molecule has 4 nitrogen and oxygen atoms in total. The smallest absolute Gasteiger partial charge is 0.232 e. The molecule has 1 aliphatic heterocycles. The summed E-state index contributed by atoms with van der Waals surface area (Å²) in [6.45, 7) is 4.28. The highest BCUT2D eigenvalue weighted by Crippen LogP contribution is 2.16. The lowest BCUT2D eigenvalue weighted by Gasteiger charge is -2.30. The van der Waals surface area contributed by atoms with Gasteiger partial charge in [0.15, 0.2) is 0 Å². The zero-order valence-corrected chi connectivity index (χ0v) is 13.7. The van der Waals surface area contributed by atoms with E-state index >= 15 is 0 Å². The average molecular weight is 323 g/mol. The second-order valence-electron chi connectivity index (χ2n) is 5.97. The topological polar surface area (TPSA) is 49.4 Å². The Morgan fingerprint density at radius 1 is 1.23 bits per heavy atom. The molecule has 1 aliphatic rings. The Morgan fingerprint density at radius 3 is 2.50 bits per heavy atom. The fourth-order valence-corrected chi connectivity index (χ4v) is 2.69. The summed E-state index contributed by atoms with van der Waals surface area (Å²) in [6.07, 6.45) is 2.75. The van der Waals surface area contributed by atoms with Gasteiger partial charge in [0, 0.05) is 24.7 Å². The third-order valence-corrected chi connectivity index (χ3v) is 4.35. The maximum atomic E-state index is 12.0. The minimum atomic E-state index is -0.197. The van der Waals surface area contributed by atoms with Crippen molar-refractivity contribution in [2.24, 2.45) is 5.92 Å². The van der Waals surface area contributed by atoms with E-state index in [1.54, 1.807) is 4.90 Å². The number of halogens is 1. The van der Waals surface area contributed by atoms with E-state index in [1.165, 1.54) is 0 Å². The number of benzene rings is 1. The van der Waals surface area contributed by atoms with E-state index in [4.69, 9.17) is 11.6 Å². The van der Waals surface area contributed by atoms with Crippen LogP contribution in [0.2, 0.25) is 5.02 Å². The van der Waals surface area contributed by atoms with Crippen molar-refractivity contribution >= 4 is 23.4 Å². The van der Waals surface area contributed by atoms with E-state index in [1.807, 2.05) is 24.3 Å². The number of amides is 2. The molecule has 1 heterocycles. The number of carbonyl (C=O) groups is 2. The maximum absolute atomic E-state index is 12.0. The van der Waals surface area contributed by atoms with E-state index in [0.717, 1.165) is 37.9 Å². The number of piperidine rings is 1. The van der Waals surface area contributed by atoms with Crippen LogP contribution in [-0.2, 0) is 16.0 Å². The van der Waals surface area contributed by atoms with Crippen molar-refractivity contribution in [3.8, 4) is 0 Å². The van der Waals surface area contributed by atoms with Gasteiger partial charge < -0.3 is 10.2 Å². The first-order valence-electron chi connectivity index (χ1n) is 7.83. The summed E-state index contributed by atoms with van der Waals surface area (Å²) in [5.74, 6) is 0.422. The van der Waals surface area contributed by atoms with Crippen molar-refractivity contribution < 1.29 is 9.59 Å². The molecule has 1 N–H and O–H groups in total. The van der Waals surface area contributed by atoms with Gasteiger partial charge in [0.25, 0.3) is 0 Å². The molecule has 120 valence electrons. The molecular formula is C17H23ClN2O2. The molecular weight excluding hydrogens is 300 g/mol. The number of nitrogens with zero attached hydrogens (tertiary/aromatic N) is 1. The molecule has 0 aliphatic carbocycles. The summed E-state index contributed by atoms with van der Waals surface area (Å²) >= 11 is 5.82. The van der Waals surface area contributed by atoms with Crippen LogP contribution in [0.15, 0.2) is 24.3 Å². The first-order valence-corrected chi connectivity index (χ1v) is 8.21. The molecule has 0 spiro atoms. The lowest BCUT2D eigenvalue weighted by Crippen LogP contribution is -2.40. The quantitative estimate of drug-likeness (QED) is 0.847. The van der Waals surface area contributed by atoms with Crippen molar-refractivity contribution in [3.63, 3.8) is 0 Å². The van der Waals surface area contributed by atoms with Gasteiger partial charge in [-0.3, -0.25) is 9.59 Å². The van der Waals surface area contributed by atoms with Gasteiger partial charge in [-0.05, 0) is 42.9 Å². The van der Waals surface area contributed by atoms with Crippen molar-refractivity contribution in [2.45, 2.75) is 32.6 Å². The summed E-state index contributed by atoms with van der Waals surface area (Å²) in [7, 11) is 0. The van der Waals surface area contributed by atoms with Gasteiger partial charge in [-0.1, -0.05) is 30.7 Å². The third kappa shape index (κ3) is 5.34. The molecule has 0 radical (unpaired) electrons. The second-order valence-corrected chi connectivity index (χ2v) is 6.40. The number of hydrogen-bond acceptors (Lipinski definition) is 2. The Bertz CT molecular complexity index is 508. The van der Waals surface area contributed by atoms with Crippen LogP contribution >= 0.6 is 11.6 Å². The van der Waals surface area contributed by atoms with Crippen LogP contribution in [0, 0.1) is 5.92 Å². The van der Waals surface area contributed by atoms with Crippen molar-refractivity contribution in [1.29, 1.82) is 0 Å². The lowest BCUT2D eigenvalue weighted by atomic mass is 9.99. The summed E-state index contributed by atoms with van der Waals surface area (Å²) in [6, 6.07) is 7.54. The summed E-state index contributed by atoms with van der Waals surface area (Å²) in [5.41, 5.74) is 1.11. The van der Waals surface area contributed by atoms with Crippen LogP contribution in [0.3, 0.4) is 0 Å². The first kappa shape index (κ1) is 16.8. The van der Waals surface area contributed by atoms with Gasteiger partial charge >= 0.3 is 0 Å². The van der Waals surface area contributed by atoms with Crippen LogP contribution < -0.4 is 5.32 Å². The number of likely N-dealkylation sites (tertiary alicyclic amines) is 1. The summed E-state index contributed by atoms with van der Waals surface area (Å²) in [4.78, 5) is 25.7. The molecule has 5 heteroatoms. The highest BCUT2D eigenvalue weighted by atomic mass is 35.5. The first-order chi connectivity index (χ1) is 10.5. The molecule has 0 bridgehead atoms. The lowest BCUT2D eigenvalue weighted by molar-refractivity contribution is -0.137. The molecule has 1 aromatic carbocycles. The molecule has 0 atom stereocenters. The highest BCUT2D eigenvalue weighted by molar-refractivity contribution is 6.30. The van der Waals surface area contributed by atoms with Gasteiger partial charge in [0.1, 0.15) is 6.42 Å². The normalized spacial score (nSPS) is 15.6. The van der Waals surface area contributed by atoms with Crippen molar-refractivity contribution in [3.05, 3.63) is 34.9 Å². The molecule has 2 rings (SSSR count). The molecule has 0 aromatic heterocycles. The van der Waals surface area contributed by atoms with Gasteiger partial charge in [0.2, 0.25) is 11.8 Å². The largest absolute Gasteiger partial charge is 0.355 e. The van der Waals surface area contributed by atoms with Crippen LogP contribution in [0.1, 0.15) is 31.7 Å². The van der Waals surface area contributed by atoms with Gasteiger partial charge in [-0.15, -0.1) is 0 Å². The van der Waals surface area contributed by atoms with Crippen LogP contribution in [0.5, 0.6) is 0 Å². The fraction of sp³-hybridized carbons (Fsp3) is 0.529. The SMILES string of the molecule is CC1CCN(C(=O)CC(=O)NCCc2ccc(Cl)cc2)CC1. The minimum absolute atomic E-state index is 0.0466. The predicted molar refractivity (Wildman–Crippen MR) is 87.8 cm³/mol. The third-order valence-electron chi connectivity index (χ3n) is 4.10.